The quantitative estimate of drug-likeness (QED) is 0.805. The molecular weight excluding hydrogens is 340 g/mol. The summed E-state index contributed by atoms with van der Waals surface area (Å²) in [5.41, 5.74) is 0.246. The number of para-hydroxylation sites is 1. The fraction of sp³-hybridized carbons (Fsp3) is 0.636. The number of ketones is 1. The van der Waals surface area contributed by atoms with Gasteiger partial charge in [-0.1, -0.05) is 12.1 Å². The largest absolute Gasteiger partial charge is 0.486 e. The fourth-order valence-corrected chi connectivity index (χ4v) is 5.77. The minimum Gasteiger partial charge on any atom is -0.486 e. The van der Waals surface area contributed by atoms with E-state index in [0.717, 1.165) is 39.0 Å². The summed E-state index contributed by atoms with van der Waals surface area (Å²) in [4.78, 5) is 30.4. The zero-order chi connectivity index (χ0) is 18.8. The molecule has 3 fully saturated rings. The number of carbonyl (C=O) groups is 2. The standard InChI is InChI=1S/C22H28N2O3/c1-14(2)23-9-11-24(12-10-23)21(26)19-16-7-8-22(20(16)19)13-17(25)15-5-3-4-6-18(15)27-22/h3-6,14,16,19-20H,7-13H2,1-2H3. The van der Waals surface area contributed by atoms with Gasteiger partial charge >= 0.3 is 0 Å². The van der Waals surface area contributed by atoms with Gasteiger partial charge in [0.05, 0.1) is 12.0 Å². The van der Waals surface area contributed by atoms with Crippen molar-refractivity contribution in [3.63, 3.8) is 0 Å². The number of ether oxygens (including phenoxy) is 1. The van der Waals surface area contributed by atoms with Gasteiger partial charge in [0.15, 0.2) is 5.78 Å². The molecule has 2 heterocycles. The molecule has 27 heavy (non-hydrogen) atoms. The first-order valence-corrected chi connectivity index (χ1v) is 10.3. The van der Waals surface area contributed by atoms with E-state index >= 15 is 0 Å². The predicted octanol–water partition coefficient (Wildman–Crippen LogP) is 2.60. The average molecular weight is 368 g/mol. The maximum atomic E-state index is 13.2. The molecule has 1 spiro atoms. The van der Waals surface area contributed by atoms with Crippen LogP contribution in [0.2, 0.25) is 0 Å². The molecule has 1 amide bonds. The molecule has 5 heteroatoms. The van der Waals surface area contributed by atoms with Crippen molar-refractivity contribution in [3.8, 4) is 5.75 Å². The highest BCUT2D eigenvalue weighted by Gasteiger charge is 2.71. The normalized spacial score (nSPS) is 35.1. The molecule has 0 aromatic heterocycles. The van der Waals surface area contributed by atoms with Gasteiger partial charge in [0, 0.05) is 44.1 Å². The summed E-state index contributed by atoms with van der Waals surface area (Å²) in [6.07, 6.45) is 2.33. The van der Waals surface area contributed by atoms with Crippen LogP contribution in [0.25, 0.3) is 0 Å². The maximum absolute atomic E-state index is 13.2. The Morgan fingerprint density at radius 3 is 2.67 bits per heavy atom. The lowest BCUT2D eigenvalue weighted by atomic mass is 9.84. The lowest BCUT2D eigenvalue weighted by Gasteiger charge is -2.39. The minimum atomic E-state index is -0.448. The molecule has 2 aliphatic carbocycles. The van der Waals surface area contributed by atoms with Gasteiger partial charge in [-0.05, 0) is 44.7 Å². The first-order valence-electron chi connectivity index (χ1n) is 10.3. The third kappa shape index (κ3) is 2.62. The molecule has 5 nitrogen and oxygen atoms in total. The summed E-state index contributed by atoms with van der Waals surface area (Å²) in [6.45, 7) is 7.98. The van der Waals surface area contributed by atoms with Crippen molar-refractivity contribution in [1.82, 2.24) is 9.80 Å². The summed E-state index contributed by atoms with van der Waals surface area (Å²) in [5, 5.41) is 0. The number of piperazine rings is 1. The van der Waals surface area contributed by atoms with Crippen molar-refractivity contribution >= 4 is 11.7 Å². The van der Waals surface area contributed by atoms with Crippen LogP contribution in [0.3, 0.4) is 0 Å². The summed E-state index contributed by atoms with van der Waals surface area (Å²) in [6, 6.07) is 8.08. The van der Waals surface area contributed by atoms with Gasteiger partial charge in [0.2, 0.25) is 5.91 Å². The molecule has 2 saturated carbocycles. The molecular formula is C22H28N2O3. The number of hydrogen-bond acceptors (Lipinski definition) is 4. The third-order valence-electron chi connectivity index (χ3n) is 7.28. The van der Waals surface area contributed by atoms with Crippen molar-refractivity contribution < 1.29 is 14.3 Å². The number of hydrogen-bond donors (Lipinski definition) is 0. The van der Waals surface area contributed by atoms with Crippen LogP contribution in [0.5, 0.6) is 5.75 Å². The van der Waals surface area contributed by atoms with Crippen LogP contribution in [0.1, 0.15) is 43.5 Å². The van der Waals surface area contributed by atoms with Gasteiger partial charge < -0.3 is 9.64 Å². The van der Waals surface area contributed by atoms with E-state index in [4.69, 9.17) is 4.74 Å². The number of carbonyl (C=O) groups excluding carboxylic acids is 2. The monoisotopic (exact) mass is 368 g/mol. The molecule has 2 aliphatic heterocycles. The molecule has 0 bridgehead atoms. The zero-order valence-electron chi connectivity index (χ0n) is 16.2. The number of rotatable bonds is 2. The smallest absolute Gasteiger partial charge is 0.226 e. The van der Waals surface area contributed by atoms with Crippen LogP contribution >= 0.6 is 0 Å². The molecule has 1 aromatic rings. The van der Waals surface area contributed by atoms with Gasteiger partial charge in [-0.15, -0.1) is 0 Å². The number of amides is 1. The Bertz CT molecular complexity index is 784. The lowest BCUT2D eigenvalue weighted by Crippen LogP contribution is -2.52. The van der Waals surface area contributed by atoms with Crippen LogP contribution in [-0.2, 0) is 4.79 Å². The highest BCUT2D eigenvalue weighted by atomic mass is 16.5. The molecule has 1 aromatic carbocycles. The first kappa shape index (κ1) is 17.2. The van der Waals surface area contributed by atoms with Crippen molar-refractivity contribution in [3.05, 3.63) is 29.8 Å². The molecule has 5 rings (SSSR count). The Hall–Kier alpha value is -1.88. The van der Waals surface area contributed by atoms with Crippen LogP contribution in [0.4, 0.5) is 0 Å². The Labute approximate surface area is 160 Å². The second-order valence-corrected chi connectivity index (χ2v) is 8.97. The van der Waals surface area contributed by atoms with Crippen molar-refractivity contribution in [2.75, 3.05) is 26.2 Å². The topological polar surface area (TPSA) is 49.9 Å². The van der Waals surface area contributed by atoms with E-state index in [1.54, 1.807) is 0 Å². The first-order chi connectivity index (χ1) is 13.0. The minimum absolute atomic E-state index is 0.0578. The predicted molar refractivity (Wildman–Crippen MR) is 102 cm³/mol. The van der Waals surface area contributed by atoms with Crippen molar-refractivity contribution in [2.45, 2.75) is 44.8 Å². The van der Waals surface area contributed by atoms with E-state index in [9.17, 15) is 9.59 Å². The highest BCUT2D eigenvalue weighted by molar-refractivity contribution is 6.00. The van der Waals surface area contributed by atoms with Crippen LogP contribution < -0.4 is 4.74 Å². The molecule has 4 unspecified atom stereocenters. The lowest BCUT2D eigenvalue weighted by molar-refractivity contribution is -0.136. The van der Waals surface area contributed by atoms with Crippen molar-refractivity contribution in [1.29, 1.82) is 0 Å². The van der Waals surface area contributed by atoms with Gasteiger partial charge in [0.1, 0.15) is 11.4 Å². The molecule has 4 aliphatic rings. The van der Waals surface area contributed by atoms with E-state index < -0.39 is 5.60 Å². The SMILES string of the molecule is CC(C)N1CCN(C(=O)C2C3CCC4(CC(=O)c5ccccc5O4)C32)CC1. The van der Waals surface area contributed by atoms with E-state index in [1.165, 1.54) is 0 Å². The number of fused-ring (bicyclic) bond motifs is 3. The Morgan fingerprint density at radius 2 is 1.93 bits per heavy atom. The molecule has 0 radical (unpaired) electrons. The fourth-order valence-electron chi connectivity index (χ4n) is 5.77. The van der Waals surface area contributed by atoms with Crippen LogP contribution in [-0.4, -0.2) is 59.3 Å². The third-order valence-corrected chi connectivity index (χ3v) is 7.28. The molecule has 4 atom stereocenters. The highest BCUT2D eigenvalue weighted by Crippen LogP contribution is 2.66. The van der Waals surface area contributed by atoms with E-state index in [1.807, 2.05) is 29.2 Å². The number of Topliss-reactive ketones (excluding diaryl/α,β-unsaturated/α-hetero) is 1. The van der Waals surface area contributed by atoms with E-state index in [2.05, 4.69) is 18.7 Å². The van der Waals surface area contributed by atoms with E-state index in [-0.39, 0.29) is 17.6 Å². The summed E-state index contributed by atoms with van der Waals surface area (Å²) < 4.78 is 6.42. The summed E-state index contributed by atoms with van der Waals surface area (Å²) >= 11 is 0. The second-order valence-electron chi connectivity index (χ2n) is 8.97. The van der Waals surface area contributed by atoms with Gasteiger partial charge in [-0.2, -0.15) is 0 Å². The molecule has 144 valence electrons. The Balaban J connectivity index is 1.31. The Morgan fingerprint density at radius 1 is 1.19 bits per heavy atom. The maximum Gasteiger partial charge on any atom is 0.226 e. The summed E-state index contributed by atoms with van der Waals surface area (Å²) in [7, 11) is 0. The van der Waals surface area contributed by atoms with Gasteiger partial charge in [0.25, 0.3) is 0 Å². The average Bonchev–Trinajstić information content (AvgIpc) is 3.32. The van der Waals surface area contributed by atoms with Crippen molar-refractivity contribution in [2.24, 2.45) is 17.8 Å². The summed E-state index contributed by atoms with van der Waals surface area (Å²) in [5.74, 6) is 1.84. The number of benzene rings is 1. The number of nitrogens with zero attached hydrogens (tertiary/aromatic N) is 2. The van der Waals surface area contributed by atoms with Crippen LogP contribution in [0, 0.1) is 17.8 Å². The van der Waals surface area contributed by atoms with Crippen LogP contribution in [0.15, 0.2) is 24.3 Å². The van der Waals surface area contributed by atoms with Gasteiger partial charge in [-0.3, -0.25) is 14.5 Å². The van der Waals surface area contributed by atoms with Gasteiger partial charge in [-0.25, -0.2) is 0 Å². The Kier molecular flexibility index (Phi) is 3.87. The zero-order valence-corrected chi connectivity index (χ0v) is 16.2. The molecule has 1 saturated heterocycles. The molecule has 0 N–H and O–H groups in total. The second kappa shape index (κ2) is 6.06. The van der Waals surface area contributed by atoms with E-state index in [0.29, 0.717) is 35.6 Å².